The van der Waals surface area contributed by atoms with Gasteiger partial charge in [0.05, 0.1) is 5.69 Å². The Balaban J connectivity index is 1.67. The number of hydrogen-bond acceptors (Lipinski definition) is 2. The summed E-state index contributed by atoms with van der Waals surface area (Å²) >= 11 is 0. The average molecular weight is 402 g/mol. The van der Waals surface area contributed by atoms with Gasteiger partial charge in [0.15, 0.2) is 0 Å². The first-order valence-corrected chi connectivity index (χ1v) is 10.4. The van der Waals surface area contributed by atoms with Gasteiger partial charge in [0.25, 0.3) is 5.91 Å². The van der Waals surface area contributed by atoms with Gasteiger partial charge in [-0.2, -0.15) is 0 Å². The molecule has 1 heterocycles. The van der Waals surface area contributed by atoms with Crippen LogP contribution >= 0.6 is 0 Å². The molecule has 3 nitrogen and oxygen atoms in total. The zero-order valence-electron chi connectivity index (χ0n) is 17.5. The topological polar surface area (TPSA) is 32.7 Å². The van der Waals surface area contributed by atoms with E-state index in [0.29, 0.717) is 11.5 Å². The van der Waals surface area contributed by atoms with Crippen LogP contribution < -0.4 is 4.90 Å². The highest BCUT2D eigenvalue weighted by Crippen LogP contribution is 2.30. The lowest BCUT2D eigenvalue weighted by Gasteiger charge is -2.19. The Morgan fingerprint density at radius 3 is 2.32 bits per heavy atom. The number of amides is 1. The Bertz CT molecular complexity index is 1360. The molecule has 0 unspecified atom stereocenters. The Labute approximate surface area is 182 Å². The van der Waals surface area contributed by atoms with Crippen LogP contribution in [-0.4, -0.2) is 11.7 Å². The molecule has 4 aromatic carbocycles. The molecule has 0 atom stereocenters. The molecule has 3 heteroatoms. The van der Waals surface area contributed by atoms with Crippen LogP contribution in [0.2, 0.25) is 0 Å². The lowest BCUT2D eigenvalue weighted by atomic mass is 10.0. The van der Waals surface area contributed by atoms with Crippen molar-refractivity contribution in [2.45, 2.75) is 13.8 Å². The smallest absolute Gasteiger partial charge is 0.266 e. The summed E-state index contributed by atoms with van der Waals surface area (Å²) in [6, 6.07) is 30.4. The molecule has 0 N–H and O–H groups in total. The molecule has 1 amide bonds. The largest absolute Gasteiger partial charge is 0.282 e. The van der Waals surface area contributed by atoms with Crippen LogP contribution in [-0.2, 0) is 4.79 Å². The van der Waals surface area contributed by atoms with Gasteiger partial charge in [0.1, 0.15) is 11.5 Å². The Hall–Kier alpha value is -3.98. The second kappa shape index (κ2) is 7.69. The molecule has 4 aromatic rings. The maximum Gasteiger partial charge on any atom is 0.282 e. The maximum absolute atomic E-state index is 13.5. The number of aliphatic imine (C=N–C) groups is 1. The van der Waals surface area contributed by atoms with Gasteiger partial charge in [-0.15, -0.1) is 0 Å². The molecule has 0 bridgehead atoms. The summed E-state index contributed by atoms with van der Waals surface area (Å²) in [4.78, 5) is 20.1. The number of hydrogen-bond donors (Lipinski definition) is 0. The standard InChI is InChI=1S/C28H22N2O/c1-19-13-15-24(16-14-19)30-27(23-11-5-7-20(2)17-23)29-26(28(30)31)18-22-10-6-9-21-8-3-4-12-25(21)22/h3-18H,1-2H3/b26-18+. The number of rotatable bonds is 3. The van der Waals surface area contributed by atoms with E-state index in [1.807, 2.05) is 86.7 Å². The summed E-state index contributed by atoms with van der Waals surface area (Å²) in [6.07, 6.45) is 1.90. The van der Waals surface area contributed by atoms with Crippen molar-refractivity contribution < 1.29 is 4.79 Å². The fourth-order valence-corrected chi connectivity index (χ4v) is 3.95. The molecule has 0 spiro atoms. The fourth-order valence-electron chi connectivity index (χ4n) is 3.95. The molecular formula is C28H22N2O. The molecule has 1 aliphatic heterocycles. The number of aryl methyl sites for hydroxylation is 2. The van der Waals surface area contributed by atoms with Crippen molar-refractivity contribution in [1.29, 1.82) is 0 Å². The van der Waals surface area contributed by atoms with E-state index in [-0.39, 0.29) is 5.91 Å². The van der Waals surface area contributed by atoms with E-state index >= 15 is 0 Å². The van der Waals surface area contributed by atoms with Crippen LogP contribution in [0.25, 0.3) is 16.8 Å². The van der Waals surface area contributed by atoms with Crippen LogP contribution in [0.1, 0.15) is 22.3 Å². The van der Waals surface area contributed by atoms with Crippen molar-refractivity contribution in [3.8, 4) is 0 Å². The Morgan fingerprint density at radius 1 is 0.774 bits per heavy atom. The van der Waals surface area contributed by atoms with E-state index in [4.69, 9.17) is 4.99 Å². The molecule has 0 fully saturated rings. The van der Waals surface area contributed by atoms with Crippen molar-refractivity contribution in [3.05, 3.63) is 119 Å². The first kappa shape index (κ1) is 19.0. The van der Waals surface area contributed by atoms with E-state index in [1.54, 1.807) is 4.90 Å². The fraction of sp³-hybridized carbons (Fsp3) is 0.0714. The highest BCUT2D eigenvalue weighted by molar-refractivity contribution is 6.33. The van der Waals surface area contributed by atoms with Gasteiger partial charge in [-0.05, 0) is 54.5 Å². The predicted octanol–water partition coefficient (Wildman–Crippen LogP) is 6.29. The van der Waals surface area contributed by atoms with E-state index < -0.39 is 0 Å². The zero-order chi connectivity index (χ0) is 21.4. The van der Waals surface area contributed by atoms with Gasteiger partial charge >= 0.3 is 0 Å². The Morgan fingerprint density at radius 2 is 1.52 bits per heavy atom. The van der Waals surface area contributed by atoms with E-state index in [9.17, 15) is 4.79 Å². The molecule has 150 valence electrons. The van der Waals surface area contributed by atoms with Crippen LogP contribution in [0.5, 0.6) is 0 Å². The summed E-state index contributed by atoms with van der Waals surface area (Å²) in [6.45, 7) is 4.08. The SMILES string of the molecule is Cc1ccc(N2C(=O)/C(=C\c3cccc4ccccc34)N=C2c2cccc(C)c2)cc1. The lowest BCUT2D eigenvalue weighted by Crippen LogP contribution is -2.32. The normalized spacial score (nSPS) is 15.0. The highest BCUT2D eigenvalue weighted by Gasteiger charge is 2.32. The number of nitrogens with zero attached hydrogens (tertiary/aromatic N) is 2. The van der Waals surface area contributed by atoms with Gasteiger partial charge in [0, 0.05) is 5.56 Å². The third kappa shape index (κ3) is 3.55. The van der Waals surface area contributed by atoms with E-state index in [1.165, 1.54) is 0 Å². The zero-order valence-corrected chi connectivity index (χ0v) is 17.5. The van der Waals surface area contributed by atoms with Gasteiger partial charge in [-0.25, -0.2) is 4.99 Å². The van der Waals surface area contributed by atoms with Gasteiger partial charge < -0.3 is 0 Å². The summed E-state index contributed by atoms with van der Waals surface area (Å²) in [5, 5.41) is 2.24. The molecule has 0 saturated heterocycles. The van der Waals surface area contributed by atoms with Gasteiger partial charge in [-0.3, -0.25) is 9.69 Å². The van der Waals surface area contributed by atoms with Crippen LogP contribution in [0, 0.1) is 13.8 Å². The third-order valence-corrected chi connectivity index (χ3v) is 5.54. The number of amidine groups is 1. The number of benzene rings is 4. The number of carbonyl (C=O) groups excluding carboxylic acids is 1. The molecular weight excluding hydrogens is 380 g/mol. The minimum atomic E-state index is -0.117. The number of carbonyl (C=O) groups is 1. The van der Waals surface area contributed by atoms with Crippen LogP contribution in [0.4, 0.5) is 5.69 Å². The first-order valence-electron chi connectivity index (χ1n) is 10.4. The molecule has 0 radical (unpaired) electrons. The minimum Gasteiger partial charge on any atom is -0.266 e. The van der Waals surface area contributed by atoms with Crippen molar-refractivity contribution in [3.63, 3.8) is 0 Å². The summed E-state index contributed by atoms with van der Waals surface area (Å²) in [5.41, 5.74) is 5.44. The second-order valence-electron chi connectivity index (χ2n) is 7.88. The monoisotopic (exact) mass is 402 g/mol. The third-order valence-electron chi connectivity index (χ3n) is 5.54. The van der Waals surface area contributed by atoms with E-state index in [2.05, 4.69) is 24.3 Å². The second-order valence-corrected chi connectivity index (χ2v) is 7.88. The number of fused-ring (bicyclic) bond motifs is 1. The van der Waals surface area contributed by atoms with E-state index in [0.717, 1.165) is 38.7 Å². The average Bonchev–Trinajstić information content (AvgIpc) is 3.11. The number of anilines is 1. The van der Waals surface area contributed by atoms with Gasteiger partial charge in [0.2, 0.25) is 0 Å². The molecule has 31 heavy (non-hydrogen) atoms. The van der Waals surface area contributed by atoms with Crippen molar-refractivity contribution in [1.82, 2.24) is 0 Å². The van der Waals surface area contributed by atoms with Crippen molar-refractivity contribution in [2.75, 3.05) is 4.90 Å². The quantitative estimate of drug-likeness (QED) is 0.371. The first-order chi connectivity index (χ1) is 15.1. The molecule has 5 rings (SSSR count). The molecule has 0 aliphatic carbocycles. The molecule has 1 aliphatic rings. The summed E-state index contributed by atoms with van der Waals surface area (Å²) < 4.78 is 0. The predicted molar refractivity (Wildman–Crippen MR) is 128 cm³/mol. The lowest BCUT2D eigenvalue weighted by molar-refractivity contribution is -0.113. The minimum absolute atomic E-state index is 0.117. The van der Waals surface area contributed by atoms with Crippen LogP contribution in [0.3, 0.4) is 0 Å². The van der Waals surface area contributed by atoms with Crippen LogP contribution in [0.15, 0.2) is 102 Å². The summed E-state index contributed by atoms with van der Waals surface area (Å²) in [7, 11) is 0. The maximum atomic E-state index is 13.5. The molecule has 0 aromatic heterocycles. The summed E-state index contributed by atoms with van der Waals surface area (Å²) in [5.74, 6) is 0.539. The highest BCUT2D eigenvalue weighted by atomic mass is 16.2. The molecule has 0 saturated carbocycles. The van der Waals surface area contributed by atoms with Crippen molar-refractivity contribution >= 4 is 34.3 Å². The van der Waals surface area contributed by atoms with Crippen molar-refractivity contribution in [2.24, 2.45) is 4.99 Å². The van der Waals surface area contributed by atoms with Gasteiger partial charge in [-0.1, -0.05) is 83.9 Å². The Kier molecular flexibility index (Phi) is 4.72.